The number of carbonyl (C=O) groups is 2. The Kier molecular flexibility index (Phi) is 6.93. The number of amides is 1. The first-order valence-corrected chi connectivity index (χ1v) is 11.5. The summed E-state index contributed by atoms with van der Waals surface area (Å²) in [6.45, 7) is 5.91. The van der Waals surface area contributed by atoms with Crippen molar-refractivity contribution in [3.05, 3.63) is 16.3 Å². The van der Waals surface area contributed by atoms with Crippen LogP contribution in [0.5, 0.6) is 0 Å². The molecule has 0 unspecified atom stereocenters. The van der Waals surface area contributed by atoms with E-state index in [9.17, 15) is 9.59 Å². The van der Waals surface area contributed by atoms with Gasteiger partial charge < -0.3 is 10.1 Å². The van der Waals surface area contributed by atoms with E-state index in [-0.39, 0.29) is 17.6 Å². The van der Waals surface area contributed by atoms with E-state index in [0.29, 0.717) is 6.42 Å². The highest BCUT2D eigenvalue weighted by molar-refractivity contribution is 8.00. The molecule has 1 amide bonds. The van der Waals surface area contributed by atoms with Crippen LogP contribution in [0.1, 0.15) is 49.4 Å². The van der Waals surface area contributed by atoms with Crippen molar-refractivity contribution >= 4 is 45.2 Å². The molecule has 0 saturated heterocycles. The van der Waals surface area contributed by atoms with E-state index in [4.69, 9.17) is 4.74 Å². The van der Waals surface area contributed by atoms with Gasteiger partial charge >= 0.3 is 5.97 Å². The molecule has 0 saturated carbocycles. The van der Waals surface area contributed by atoms with Crippen LogP contribution in [0.4, 0.5) is 0 Å². The number of hydrogen-bond acceptors (Lipinski definition) is 7. The Morgan fingerprint density at radius 2 is 2.00 bits per heavy atom. The van der Waals surface area contributed by atoms with Gasteiger partial charge in [0.2, 0.25) is 5.91 Å². The number of fused-ring (bicyclic) bond motifs is 3. The standard InChI is InChI=1S/C20H27N3O3S2/c1-11(2)9-14(20(25)26-4)23-16(24)10-27-18-17-13-7-5-6-8-15(13)28-19(17)22-12(3)21-18/h11,14H,5-10H2,1-4H3,(H,23,24)/t14-/m1/s1. The highest BCUT2D eigenvalue weighted by Gasteiger charge is 2.24. The maximum absolute atomic E-state index is 12.5. The first-order chi connectivity index (χ1) is 13.4. The van der Waals surface area contributed by atoms with E-state index < -0.39 is 12.0 Å². The Bertz CT molecular complexity index is 879. The SMILES string of the molecule is COC(=O)[C@@H](CC(C)C)NC(=O)CSc1nc(C)nc2sc3c(c12)CCCC3. The third-order valence-corrected chi connectivity index (χ3v) is 6.92. The van der Waals surface area contributed by atoms with Crippen LogP contribution in [0.15, 0.2) is 5.03 Å². The van der Waals surface area contributed by atoms with Crippen molar-refractivity contribution < 1.29 is 14.3 Å². The number of hydrogen-bond donors (Lipinski definition) is 1. The minimum Gasteiger partial charge on any atom is -0.467 e. The summed E-state index contributed by atoms with van der Waals surface area (Å²) in [6.07, 6.45) is 5.13. The van der Waals surface area contributed by atoms with Crippen molar-refractivity contribution in [3.63, 3.8) is 0 Å². The predicted molar refractivity (Wildman–Crippen MR) is 113 cm³/mol. The lowest BCUT2D eigenvalue weighted by Gasteiger charge is -2.18. The molecule has 2 heterocycles. The number of thioether (sulfide) groups is 1. The summed E-state index contributed by atoms with van der Waals surface area (Å²) in [4.78, 5) is 36.1. The highest BCUT2D eigenvalue weighted by atomic mass is 32.2. The summed E-state index contributed by atoms with van der Waals surface area (Å²) in [6, 6.07) is -0.612. The van der Waals surface area contributed by atoms with Gasteiger partial charge in [-0.25, -0.2) is 14.8 Å². The first-order valence-electron chi connectivity index (χ1n) is 9.68. The number of carbonyl (C=O) groups excluding carboxylic acids is 2. The molecule has 1 aliphatic rings. The Morgan fingerprint density at radius 1 is 1.25 bits per heavy atom. The Hall–Kier alpha value is -1.67. The predicted octanol–water partition coefficient (Wildman–Crippen LogP) is 3.67. The van der Waals surface area contributed by atoms with E-state index in [0.717, 1.165) is 33.9 Å². The summed E-state index contributed by atoms with van der Waals surface area (Å²) in [5.41, 5.74) is 1.36. The largest absolute Gasteiger partial charge is 0.467 e. The van der Waals surface area contributed by atoms with E-state index in [2.05, 4.69) is 15.3 Å². The summed E-state index contributed by atoms with van der Waals surface area (Å²) < 4.78 is 4.82. The molecule has 28 heavy (non-hydrogen) atoms. The normalized spacial score (nSPS) is 14.8. The first kappa shape index (κ1) is 21.0. The van der Waals surface area contributed by atoms with Crippen LogP contribution < -0.4 is 5.32 Å². The molecule has 2 aromatic rings. The maximum Gasteiger partial charge on any atom is 0.328 e. The Morgan fingerprint density at radius 3 is 2.71 bits per heavy atom. The second-order valence-corrected chi connectivity index (χ2v) is 9.58. The number of aryl methyl sites for hydroxylation is 3. The van der Waals surface area contributed by atoms with Crippen LogP contribution in [0.25, 0.3) is 10.2 Å². The van der Waals surface area contributed by atoms with E-state index in [1.165, 1.54) is 42.2 Å². The molecule has 1 atom stereocenters. The van der Waals surface area contributed by atoms with Crippen LogP contribution >= 0.6 is 23.1 Å². The maximum atomic E-state index is 12.5. The molecule has 0 radical (unpaired) electrons. The molecule has 0 spiro atoms. The topological polar surface area (TPSA) is 81.2 Å². The molecule has 8 heteroatoms. The molecule has 1 N–H and O–H groups in total. The van der Waals surface area contributed by atoms with Gasteiger partial charge in [0, 0.05) is 10.3 Å². The number of methoxy groups -OCH3 is 1. The number of rotatable bonds is 7. The van der Waals surface area contributed by atoms with Gasteiger partial charge in [-0.3, -0.25) is 4.79 Å². The van der Waals surface area contributed by atoms with Crippen molar-refractivity contribution in [3.8, 4) is 0 Å². The van der Waals surface area contributed by atoms with Gasteiger partial charge in [-0.15, -0.1) is 11.3 Å². The van der Waals surface area contributed by atoms with Crippen LogP contribution in [-0.4, -0.2) is 40.7 Å². The zero-order valence-corrected chi connectivity index (χ0v) is 18.5. The minimum absolute atomic E-state index is 0.186. The van der Waals surface area contributed by atoms with Crippen LogP contribution in [-0.2, 0) is 27.2 Å². The number of esters is 1. The second kappa shape index (κ2) is 9.22. The molecule has 1 aliphatic carbocycles. The molecule has 2 aromatic heterocycles. The summed E-state index contributed by atoms with van der Waals surface area (Å²) in [7, 11) is 1.34. The van der Waals surface area contributed by atoms with E-state index in [1.807, 2.05) is 20.8 Å². The van der Waals surface area contributed by atoms with Crippen molar-refractivity contribution in [2.24, 2.45) is 5.92 Å². The Balaban J connectivity index is 1.75. The van der Waals surface area contributed by atoms with Gasteiger partial charge in [0.25, 0.3) is 0 Å². The van der Waals surface area contributed by atoms with Gasteiger partial charge in [0.15, 0.2) is 0 Å². The number of nitrogens with one attached hydrogen (secondary N) is 1. The smallest absolute Gasteiger partial charge is 0.328 e. The van der Waals surface area contributed by atoms with Gasteiger partial charge in [-0.1, -0.05) is 25.6 Å². The van der Waals surface area contributed by atoms with Crippen molar-refractivity contribution in [1.82, 2.24) is 15.3 Å². The summed E-state index contributed by atoms with van der Waals surface area (Å²) in [5.74, 6) is 0.621. The molecular formula is C20H27N3O3S2. The van der Waals surface area contributed by atoms with Gasteiger partial charge in [0.05, 0.1) is 12.9 Å². The lowest BCUT2D eigenvalue weighted by Crippen LogP contribution is -2.43. The van der Waals surface area contributed by atoms with Crippen LogP contribution in [0, 0.1) is 12.8 Å². The van der Waals surface area contributed by atoms with Crippen LogP contribution in [0.3, 0.4) is 0 Å². The van der Waals surface area contributed by atoms with Crippen molar-refractivity contribution in [1.29, 1.82) is 0 Å². The fourth-order valence-corrected chi connectivity index (χ4v) is 5.81. The zero-order chi connectivity index (χ0) is 20.3. The fourth-order valence-electron chi connectivity index (χ4n) is 3.53. The number of thiophene rings is 1. The second-order valence-electron chi connectivity index (χ2n) is 7.53. The summed E-state index contributed by atoms with van der Waals surface area (Å²) in [5, 5.41) is 4.80. The Labute approximate surface area is 173 Å². The number of ether oxygens (including phenoxy) is 1. The van der Waals surface area contributed by atoms with Crippen LogP contribution in [0.2, 0.25) is 0 Å². The lowest BCUT2D eigenvalue weighted by molar-refractivity contribution is -0.145. The number of aromatic nitrogens is 2. The molecule has 0 aliphatic heterocycles. The molecular weight excluding hydrogens is 394 g/mol. The molecule has 0 aromatic carbocycles. The molecule has 0 bridgehead atoms. The molecule has 6 nitrogen and oxygen atoms in total. The minimum atomic E-state index is -0.612. The van der Waals surface area contributed by atoms with Gasteiger partial charge in [-0.2, -0.15) is 0 Å². The van der Waals surface area contributed by atoms with Gasteiger partial charge in [-0.05, 0) is 50.5 Å². The zero-order valence-electron chi connectivity index (χ0n) is 16.8. The molecule has 3 rings (SSSR count). The van der Waals surface area contributed by atoms with Crippen molar-refractivity contribution in [2.45, 2.75) is 63.9 Å². The molecule has 0 fully saturated rings. The number of nitrogens with zero attached hydrogens (tertiary/aromatic N) is 2. The quantitative estimate of drug-likeness (QED) is 0.417. The highest BCUT2D eigenvalue weighted by Crippen LogP contribution is 2.39. The summed E-state index contributed by atoms with van der Waals surface area (Å²) >= 11 is 3.18. The lowest BCUT2D eigenvalue weighted by atomic mass is 9.97. The average Bonchev–Trinajstić information content (AvgIpc) is 3.02. The van der Waals surface area contributed by atoms with Crippen molar-refractivity contribution in [2.75, 3.05) is 12.9 Å². The fraction of sp³-hybridized carbons (Fsp3) is 0.600. The monoisotopic (exact) mass is 421 g/mol. The average molecular weight is 422 g/mol. The van der Waals surface area contributed by atoms with E-state index >= 15 is 0 Å². The van der Waals surface area contributed by atoms with Gasteiger partial charge in [0.1, 0.15) is 21.7 Å². The third kappa shape index (κ3) is 4.84. The molecule has 152 valence electrons. The third-order valence-electron chi connectivity index (χ3n) is 4.76. The van der Waals surface area contributed by atoms with E-state index in [1.54, 1.807) is 11.3 Å².